The first kappa shape index (κ1) is 29.9. The van der Waals surface area contributed by atoms with E-state index in [0.29, 0.717) is 0 Å². The van der Waals surface area contributed by atoms with E-state index in [-0.39, 0.29) is 12.3 Å². The van der Waals surface area contributed by atoms with Gasteiger partial charge in [0.15, 0.2) is 0 Å². The summed E-state index contributed by atoms with van der Waals surface area (Å²) in [6.07, 6.45) is -0.288. The monoisotopic (exact) mass is 674 g/mol. The summed E-state index contributed by atoms with van der Waals surface area (Å²) in [4.78, 5) is 7.69. The number of hydrogen-bond acceptors (Lipinski definition) is 4. The number of aromatic nitrogens is 1. The van der Waals surface area contributed by atoms with Gasteiger partial charge in [-0.15, -0.1) is 11.3 Å². The number of thiophene rings is 1. The van der Waals surface area contributed by atoms with Gasteiger partial charge in [0.25, 0.3) is 0 Å². The van der Waals surface area contributed by atoms with Crippen LogP contribution in [0.1, 0.15) is 29.0 Å². The third-order valence-corrected chi connectivity index (χ3v) is 11.4. The van der Waals surface area contributed by atoms with E-state index >= 15 is 0 Å². The zero-order valence-electron chi connectivity index (χ0n) is 28.1. The predicted octanol–water partition coefficient (Wildman–Crippen LogP) is 11.5. The van der Waals surface area contributed by atoms with Gasteiger partial charge in [0, 0.05) is 42.2 Å². The molecule has 5 heteroatoms. The predicted molar refractivity (Wildman–Crippen MR) is 215 cm³/mol. The van der Waals surface area contributed by atoms with Gasteiger partial charge < -0.3 is 9.88 Å². The maximum Gasteiger partial charge on any atom is 0.132 e. The Labute approximate surface area is 300 Å². The summed E-state index contributed by atoms with van der Waals surface area (Å²) in [6, 6.07) is 61.2. The molecule has 4 nitrogen and oxygen atoms in total. The molecule has 0 aliphatic carbocycles. The molecule has 0 saturated carbocycles. The second-order valence-electron chi connectivity index (χ2n) is 13.3. The zero-order valence-corrected chi connectivity index (χ0v) is 28.9. The van der Waals surface area contributed by atoms with Gasteiger partial charge in [-0.1, -0.05) is 121 Å². The molecule has 1 N–H and O–H groups in total. The lowest BCUT2D eigenvalue weighted by molar-refractivity contribution is 0.153. The Hall–Kier alpha value is -6.01. The molecular formula is C46H34N4S. The molecule has 2 unspecified atom stereocenters. The summed E-state index contributed by atoms with van der Waals surface area (Å²) in [6.45, 7) is 0. The molecule has 1 aliphatic rings. The van der Waals surface area contributed by atoms with Crippen LogP contribution in [-0.2, 0) is 0 Å². The molecule has 10 rings (SSSR count). The van der Waals surface area contributed by atoms with Crippen LogP contribution >= 0.6 is 11.3 Å². The van der Waals surface area contributed by atoms with Crippen molar-refractivity contribution in [1.29, 1.82) is 0 Å². The minimum atomic E-state index is -0.156. The summed E-state index contributed by atoms with van der Waals surface area (Å²) in [5.41, 5.74) is 9.50. The smallest absolute Gasteiger partial charge is 0.132 e. The third-order valence-electron chi connectivity index (χ3n) is 10.3. The Morgan fingerprint density at radius 2 is 1.22 bits per heavy atom. The second kappa shape index (κ2) is 12.1. The highest BCUT2D eigenvalue weighted by molar-refractivity contribution is 7.25. The molecule has 9 aromatic rings. The van der Waals surface area contributed by atoms with Gasteiger partial charge in [-0.05, 0) is 77.8 Å². The number of benzene rings is 7. The minimum absolute atomic E-state index is 0.132. The van der Waals surface area contributed by atoms with E-state index in [9.17, 15) is 0 Å². The van der Waals surface area contributed by atoms with Crippen molar-refractivity contribution in [3.05, 3.63) is 187 Å². The summed E-state index contributed by atoms with van der Waals surface area (Å²) >= 11 is 1.87. The fourth-order valence-corrected chi connectivity index (χ4v) is 9.06. The van der Waals surface area contributed by atoms with Crippen molar-refractivity contribution in [1.82, 2.24) is 14.8 Å². The van der Waals surface area contributed by atoms with Crippen LogP contribution in [0.15, 0.2) is 175 Å². The largest absolute Gasteiger partial charge is 0.350 e. The first-order chi connectivity index (χ1) is 25.2. The number of amidine groups is 1. The van der Waals surface area contributed by atoms with Crippen LogP contribution in [0.4, 0.5) is 0 Å². The zero-order chi connectivity index (χ0) is 33.9. The van der Waals surface area contributed by atoms with E-state index in [2.05, 4.69) is 192 Å². The number of nitrogens with one attached hydrogen (secondary N) is 1. The molecule has 0 amide bonds. The lowest BCUT2D eigenvalue weighted by atomic mass is 9.95. The van der Waals surface area contributed by atoms with Crippen LogP contribution in [0.5, 0.6) is 0 Å². The van der Waals surface area contributed by atoms with Crippen molar-refractivity contribution in [2.75, 3.05) is 7.05 Å². The van der Waals surface area contributed by atoms with Crippen molar-refractivity contribution in [2.24, 2.45) is 4.99 Å². The number of para-hydroxylation sites is 2. The van der Waals surface area contributed by atoms with E-state index in [0.717, 1.165) is 11.4 Å². The molecular weight excluding hydrogens is 641 g/mol. The standard InChI is InChI=1S/C46H34N4S/c1-49-45(31-17-7-3-8-18-31)47-44(30-15-5-2-6-16-30)48-46(49)38-28-33(29-42-43(38)36-22-12-14-24-41(36)51-42)32-25-26-40-37(27-32)35-21-11-13-23-39(35)50(40)34-19-9-4-10-20-34/h2-29,45-46H,1H3,(H,47,48). The van der Waals surface area contributed by atoms with Crippen LogP contribution in [0, 0.1) is 0 Å². The lowest BCUT2D eigenvalue weighted by Crippen LogP contribution is -2.46. The Kier molecular flexibility index (Phi) is 7.08. The highest BCUT2D eigenvalue weighted by Crippen LogP contribution is 2.44. The van der Waals surface area contributed by atoms with Crippen molar-refractivity contribution >= 4 is 59.2 Å². The van der Waals surface area contributed by atoms with Gasteiger partial charge in [0.05, 0.1) is 11.0 Å². The van der Waals surface area contributed by atoms with Crippen LogP contribution in [0.2, 0.25) is 0 Å². The Bertz CT molecular complexity index is 2750. The van der Waals surface area contributed by atoms with Gasteiger partial charge in [0.2, 0.25) is 0 Å². The molecule has 0 spiro atoms. The molecule has 2 atom stereocenters. The van der Waals surface area contributed by atoms with Crippen LogP contribution < -0.4 is 5.32 Å². The molecule has 0 fully saturated rings. The molecule has 0 bridgehead atoms. The topological polar surface area (TPSA) is 32.6 Å². The average Bonchev–Trinajstić information content (AvgIpc) is 3.74. The van der Waals surface area contributed by atoms with Gasteiger partial charge in [-0.25, -0.2) is 4.99 Å². The average molecular weight is 675 g/mol. The quantitative estimate of drug-likeness (QED) is 0.197. The summed E-state index contributed by atoms with van der Waals surface area (Å²) < 4.78 is 4.96. The normalized spacial score (nSPS) is 16.5. The molecule has 2 aromatic heterocycles. The van der Waals surface area contributed by atoms with E-state index in [1.54, 1.807) is 0 Å². The molecule has 7 aromatic carbocycles. The summed E-state index contributed by atoms with van der Waals surface area (Å²) in [7, 11) is 2.19. The van der Waals surface area contributed by atoms with Gasteiger partial charge in [-0.3, -0.25) is 4.90 Å². The van der Waals surface area contributed by atoms with E-state index in [4.69, 9.17) is 4.99 Å². The van der Waals surface area contributed by atoms with E-state index in [1.165, 1.54) is 69.9 Å². The van der Waals surface area contributed by atoms with Crippen LogP contribution in [-0.4, -0.2) is 22.4 Å². The maximum absolute atomic E-state index is 5.31. The van der Waals surface area contributed by atoms with Gasteiger partial charge >= 0.3 is 0 Å². The molecule has 0 saturated heterocycles. The van der Waals surface area contributed by atoms with Crippen LogP contribution in [0.3, 0.4) is 0 Å². The molecule has 51 heavy (non-hydrogen) atoms. The van der Waals surface area contributed by atoms with Crippen molar-refractivity contribution in [2.45, 2.75) is 12.3 Å². The molecule has 0 radical (unpaired) electrons. The molecule has 244 valence electrons. The fourth-order valence-electron chi connectivity index (χ4n) is 7.89. The summed E-state index contributed by atoms with van der Waals surface area (Å²) in [5.74, 6) is 0.904. The van der Waals surface area contributed by atoms with Crippen molar-refractivity contribution in [3.63, 3.8) is 0 Å². The van der Waals surface area contributed by atoms with Crippen molar-refractivity contribution in [3.8, 4) is 16.8 Å². The highest BCUT2D eigenvalue weighted by atomic mass is 32.1. The molecule has 3 heterocycles. The Morgan fingerprint density at radius 3 is 2.02 bits per heavy atom. The number of rotatable bonds is 5. The van der Waals surface area contributed by atoms with Gasteiger partial charge in [0.1, 0.15) is 18.2 Å². The third kappa shape index (κ3) is 4.96. The van der Waals surface area contributed by atoms with Gasteiger partial charge in [-0.2, -0.15) is 0 Å². The number of nitrogens with zero attached hydrogens (tertiary/aromatic N) is 3. The second-order valence-corrected chi connectivity index (χ2v) is 14.4. The summed E-state index contributed by atoms with van der Waals surface area (Å²) in [5, 5.41) is 9.00. The van der Waals surface area contributed by atoms with Crippen molar-refractivity contribution < 1.29 is 0 Å². The first-order valence-electron chi connectivity index (χ1n) is 17.4. The first-order valence-corrected chi connectivity index (χ1v) is 18.2. The minimum Gasteiger partial charge on any atom is -0.350 e. The van der Waals surface area contributed by atoms with E-state index in [1.807, 2.05) is 11.3 Å². The fraction of sp³-hybridized carbons (Fsp3) is 0.0652. The maximum atomic E-state index is 5.31. The lowest BCUT2D eigenvalue weighted by Gasteiger charge is -2.40. The highest BCUT2D eigenvalue weighted by Gasteiger charge is 2.33. The molecule has 1 aliphatic heterocycles. The van der Waals surface area contributed by atoms with E-state index < -0.39 is 0 Å². The number of aliphatic imine (C=N–C) groups is 1. The Morgan fingerprint density at radius 1 is 0.549 bits per heavy atom. The SMILES string of the molecule is CN1C(c2ccccc2)N=C(c2ccccc2)NC1c1cc(-c2ccc3c(c2)c2ccccc2n3-c2ccccc2)cc2sc3ccccc3c12. The number of hydrogen-bond donors (Lipinski definition) is 1. The van der Waals surface area contributed by atoms with Crippen LogP contribution in [0.25, 0.3) is 58.8 Å². The Balaban J connectivity index is 1.19. The number of fused-ring (bicyclic) bond motifs is 6.